The summed E-state index contributed by atoms with van der Waals surface area (Å²) in [4.78, 5) is 28.4. The van der Waals surface area contributed by atoms with E-state index in [1.807, 2.05) is 13.8 Å². The summed E-state index contributed by atoms with van der Waals surface area (Å²) in [7, 11) is -4.34. The van der Waals surface area contributed by atoms with Gasteiger partial charge in [-0.25, -0.2) is 12.8 Å². The fourth-order valence-electron chi connectivity index (χ4n) is 4.26. The highest BCUT2D eigenvalue weighted by molar-refractivity contribution is 7.92. The van der Waals surface area contributed by atoms with Crippen molar-refractivity contribution in [3.63, 3.8) is 0 Å². The topological polar surface area (TPSA) is 96.0 Å². The SMILES string of the molecule is CCCNC(=O)[C@@H](CC)N(Cc1ccc(Cl)cc1Cl)C(=O)CN(c1ccc(OCC)cc1)S(=O)(=O)c1ccc(F)cc1. The van der Waals surface area contributed by atoms with Crippen molar-refractivity contribution in [1.82, 2.24) is 10.2 Å². The molecular formula is C30H34Cl2FN3O5S. The first-order valence-corrected chi connectivity index (χ1v) is 15.7. The van der Waals surface area contributed by atoms with Gasteiger partial charge in [0.05, 0.1) is 17.2 Å². The monoisotopic (exact) mass is 637 g/mol. The molecule has 0 aromatic heterocycles. The summed E-state index contributed by atoms with van der Waals surface area (Å²) in [6, 6.07) is 14.5. The molecule has 0 spiro atoms. The van der Waals surface area contributed by atoms with Gasteiger partial charge in [0, 0.05) is 23.1 Å². The highest BCUT2D eigenvalue weighted by atomic mass is 35.5. The minimum Gasteiger partial charge on any atom is -0.494 e. The fraction of sp³-hybridized carbons (Fsp3) is 0.333. The van der Waals surface area contributed by atoms with Gasteiger partial charge >= 0.3 is 0 Å². The zero-order valence-electron chi connectivity index (χ0n) is 23.6. The quantitative estimate of drug-likeness (QED) is 0.232. The first kappa shape index (κ1) is 33.2. The molecule has 42 heavy (non-hydrogen) atoms. The third-order valence-corrected chi connectivity index (χ3v) is 8.78. The number of anilines is 1. The van der Waals surface area contributed by atoms with Crippen LogP contribution in [0.15, 0.2) is 71.6 Å². The molecule has 0 radical (unpaired) electrons. The van der Waals surface area contributed by atoms with Crippen molar-refractivity contribution < 1.29 is 27.1 Å². The zero-order chi connectivity index (χ0) is 30.9. The molecule has 226 valence electrons. The van der Waals surface area contributed by atoms with Crippen molar-refractivity contribution in [2.75, 3.05) is 24.0 Å². The van der Waals surface area contributed by atoms with Crippen molar-refractivity contribution in [1.29, 1.82) is 0 Å². The Morgan fingerprint density at radius 3 is 2.21 bits per heavy atom. The summed E-state index contributed by atoms with van der Waals surface area (Å²) < 4.78 is 47.8. The summed E-state index contributed by atoms with van der Waals surface area (Å²) in [6.45, 7) is 5.61. The Morgan fingerprint density at radius 2 is 1.64 bits per heavy atom. The molecule has 8 nitrogen and oxygen atoms in total. The van der Waals surface area contributed by atoms with Gasteiger partial charge in [0.15, 0.2) is 0 Å². The van der Waals surface area contributed by atoms with Crippen LogP contribution in [-0.4, -0.2) is 50.9 Å². The lowest BCUT2D eigenvalue weighted by Gasteiger charge is -2.33. The van der Waals surface area contributed by atoms with Gasteiger partial charge in [-0.05, 0) is 86.0 Å². The molecule has 3 aromatic rings. The van der Waals surface area contributed by atoms with Crippen molar-refractivity contribution in [2.24, 2.45) is 0 Å². The summed E-state index contributed by atoms with van der Waals surface area (Å²) in [5.74, 6) is -1.09. The molecule has 0 aliphatic carbocycles. The maximum atomic E-state index is 14.1. The number of amides is 2. The number of ether oxygens (including phenoxy) is 1. The van der Waals surface area contributed by atoms with E-state index in [1.54, 1.807) is 31.2 Å². The Kier molecular flexibility index (Phi) is 12.0. The second kappa shape index (κ2) is 15.2. The van der Waals surface area contributed by atoms with Crippen LogP contribution in [0.2, 0.25) is 10.0 Å². The van der Waals surface area contributed by atoms with Gasteiger partial charge in [-0.3, -0.25) is 13.9 Å². The Labute approximate surface area is 256 Å². The van der Waals surface area contributed by atoms with E-state index >= 15 is 0 Å². The lowest BCUT2D eigenvalue weighted by atomic mass is 10.1. The minimum absolute atomic E-state index is 0.0688. The molecule has 0 saturated heterocycles. The number of carbonyl (C=O) groups is 2. The van der Waals surface area contributed by atoms with Crippen molar-refractivity contribution >= 4 is 50.7 Å². The number of nitrogens with zero attached hydrogens (tertiary/aromatic N) is 2. The molecule has 0 aliphatic rings. The molecule has 0 bridgehead atoms. The van der Waals surface area contributed by atoms with Crippen LogP contribution in [0.1, 0.15) is 39.2 Å². The van der Waals surface area contributed by atoms with Crippen LogP contribution in [0.3, 0.4) is 0 Å². The highest BCUT2D eigenvalue weighted by Crippen LogP contribution is 2.28. The second-order valence-electron chi connectivity index (χ2n) is 9.36. The smallest absolute Gasteiger partial charge is 0.264 e. The summed E-state index contributed by atoms with van der Waals surface area (Å²) >= 11 is 12.5. The van der Waals surface area contributed by atoms with E-state index in [2.05, 4.69) is 5.32 Å². The lowest BCUT2D eigenvalue weighted by molar-refractivity contribution is -0.140. The number of halogens is 3. The molecule has 0 aliphatic heterocycles. The maximum absolute atomic E-state index is 14.1. The average Bonchev–Trinajstić information content (AvgIpc) is 2.96. The van der Waals surface area contributed by atoms with E-state index < -0.39 is 34.3 Å². The molecule has 1 atom stereocenters. The van der Waals surface area contributed by atoms with Crippen molar-refractivity contribution in [3.8, 4) is 5.75 Å². The van der Waals surface area contributed by atoms with Crippen LogP contribution in [0.4, 0.5) is 10.1 Å². The highest BCUT2D eigenvalue weighted by Gasteiger charge is 2.34. The van der Waals surface area contributed by atoms with Gasteiger partial charge in [0.25, 0.3) is 10.0 Å². The third kappa shape index (κ3) is 8.36. The molecule has 3 aromatic carbocycles. The van der Waals surface area contributed by atoms with Crippen LogP contribution >= 0.6 is 23.2 Å². The number of benzene rings is 3. The third-order valence-electron chi connectivity index (χ3n) is 6.41. The number of nitrogens with one attached hydrogen (secondary N) is 1. The number of hydrogen-bond donors (Lipinski definition) is 1. The molecule has 0 saturated carbocycles. The molecule has 12 heteroatoms. The first-order chi connectivity index (χ1) is 20.0. The van der Waals surface area contributed by atoms with E-state index in [4.69, 9.17) is 27.9 Å². The number of sulfonamides is 1. The molecule has 0 heterocycles. The van der Waals surface area contributed by atoms with Gasteiger partial charge in [-0.2, -0.15) is 0 Å². The second-order valence-corrected chi connectivity index (χ2v) is 12.1. The number of carbonyl (C=O) groups excluding carboxylic acids is 2. The summed E-state index contributed by atoms with van der Waals surface area (Å²) in [6.07, 6.45) is 0.959. The van der Waals surface area contributed by atoms with Crippen LogP contribution < -0.4 is 14.4 Å². The Bertz CT molecular complexity index is 1470. The van der Waals surface area contributed by atoms with Gasteiger partial charge < -0.3 is 15.0 Å². The maximum Gasteiger partial charge on any atom is 0.264 e. The lowest BCUT2D eigenvalue weighted by Crippen LogP contribution is -2.52. The predicted octanol–water partition coefficient (Wildman–Crippen LogP) is 6.06. The van der Waals surface area contributed by atoms with E-state index in [-0.39, 0.29) is 29.5 Å². The van der Waals surface area contributed by atoms with Crippen LogP contribution in [0.25, 0.3) is 0 Å². The standard InChI is InChI=1S/C30H34Cl2FN3O5S/c1-4-17-34-30(38)28(5-2)35(19-21-7-8-22(31)18-27(21)32)29(37)20-36(24-11-13-25(14-12-24)41-6-3)42(39,40)26-15-9-23(33)10-16-26/h7-16,18,28H,4-6,17,19-20H2,1-3H3,(H,34,38)/t28-/m1/s1. The molecular weight excluding hydrogens is 604 g/mol. The Balaban J connectivity index is 2.07. The molecule has 0 unspecified atom stereocenters. The minimum atomic E-state index is -4.34. The molecule has 3 rings (SSSR count). The summed E-state index contributed by atoms with van der Waals surface area (Å²) in [5, 5.41) is 3.53. The van der Waals surface area contributed by atoms with Crippen molar-refractivity contribution in [3.05, 3.63) is 88.2 Å². The number of rotatable bonds is 14. The molecule has 1 N–H and O–H groups in total. The largest absolute Gasteiger partial charge is 0.494 e. The molecule has 2 amide bonds. The van der Waals surface area contributed by atoms with E-state index in [9.17, 15) is 22.4 Å². The van der Waals surface area contributed by atoms with Crippen LogP contribution in [0, 0.1) is 5.82 Å². The Hall–Kier alpha value is -3.34. The Morgan fingerprint density at radius 1 is 0.976 bits per heavy atom. The first-order valence-electron chi connectivity index (χ1n) is 13.5. The van der Waals surface area contributed by atoms with E-state index in [0.717, 1.165) is 28.6 Å². The predicted molar refractivity (Wildman–Crippen MR) is 163 cm³/mol. The normalized spacial score (nSPS) is 12.0. The zero-order valence-corrected chi connectivity index (χ0v) is 26.0. The molecule has 0 fully saturated rings. The number of hydrogen-bond acceptors (Lipinski definition) is 5. The average molecular weight is 639 g/mol. The van der Waals surface area contributed by atoms with Gasteiger partial charge in [-0.1, -0.05) is 43.1 Å². The van der Waals surface area contributed by atoms with Gasteiger partial charge in [0.1, 0.15) is 24.2 Å². The van der Waals surface area contributed by atoms with E-state index in [0.29, 0.717) is 40.9 Å². The van der Waals surface area contributed by atoms with Crippen molar-refractivity contribution in [2.45, 2.75) is 51.1 Å². The summed E-state index contributed by atoms with van der Waals surface area (Å²) in [5.41, 5.74) is 0.717. The van der Waals surface area contributed by atoms with Gasteiger partial charge in [-0.15, -0.1) is 0 Å². The van der Waals surface area contributed by atoms with Gasteiger partial charge in [0.2, 0.25) is 11.8 Å². The van der Waals surface area contributed by atoms with Crippen LogP contribution in [-0.2, 0) is 26.2 Å². The van der Waals surface area contributed by atoms with Crippen LogP contribution in [0.5, 0.6) is 5.75 Å². The fourth-order valence-corrected chi connectivity index (χ4v) is 6.14. The van der Waals surface area contributed by atoms with E-state index in [1.165, 1.54) is 23.1 Å².